The average Bonchev–Trinajstić information content (AvgIpc) is 2.96. The highest BCUT2D eigenvalue weighted by atomic mass is 19.1. The fourth-order valence-electron chi connectivity index (χ4n) is 4.48. The van der Waals surface area contributed by atoms with Gasteiger partial charge in [-0.1, -0.05) is 32.0 Å². The number of hydrogen-bond donors (Lipinski definition) is 4. The van der Waals surface area contributed by atoms with E-state index in [1.54, 1.807) is 76.4 Å². The van der Waals surface area contributed by atoms with E-state index in [9.17, 15) is 18.8 Å². The largest absolute Gasteiger partial charge is 0.444 e. The van der Waals surface area contributed by atoms with Crippen molar-refractivity contribution in [1.82, 2.24) is 15.2 Å². The van der Waals surface area contributed by atoms with Gasteiger partial charge in [0, 0.05) is 11.9 Å². The van der Waals surface area contributed by atoms with Crippen LogP contribution in [0.5, 0.6) is 0 Å². The number of rotatable bonds is 12. The summed E-state index contributed by atoms with van der Waals surface area (Å²) in [6, 6.07) is 13.7. The maximum atomic E-state index is 13.7. The molecule has 0 spiro atoms. The number of ether oxygens (including phenoxy) is 1. The smallest absolute Gasteiger partial charge is 0.412 e. The molecule has 44 heavy (non-hydrogen) atoms. The second-order valence-electron chi connectivity index (χ2n) is 11.4. The SMILES string of the molecule is CCN(CC)CCCC(NC(=O)Nc1ccc(F)c(C)c1)c1ccc(C(=O)Nc2ccccc2NC(=O)OC(C)(C)C)nc1. The van der Waals surface area contributed by atoms with Crippen molar-refractivity contribution in [2.24, 2.45) is 0 Å². The molecule has 0 radical (unpaired) electrons. The molecule has 1 aromatic heterocycles. The summed E-state index contributed by atoms with van der Waals surface area (Å²) in [5, 5.41) is 11.2. The first-order valence-corrected chi connectivity index (χ1v) is 14.8. The maximum absolute atomic E-state index is 13.7. The van der Waals surface area contributed by atoms with E-state index in [1.807, 2.05) is 0 Å². The van der Waals surface area contributed by atoms with E-state index in [0.717, 1.165) is 31.6 Å². The molecule has 0 aliphatic rings. The minimum atomic E-state index is -0.674. The number of urea groups is 1. The van der Waals surface area contributed by atoms with Crippen molar-refractivity contribution in [1.29, 1.82) is 0 Å². The number of anilines is 3. The number of pyridine rings is 1. The number of aryl methyl sites for hydroxylation is 1. The van der Waals surface area contributed by atoms with E-state index in [0.29, 0.717) is 29.0 Å². The minimum Gasteiger partial charge on any atom is -0.444 e. The molecule has 2 aromatic carbocycles. The molecule has 4 N–H and O–H groups in total. The van der Waals surface area contributed by atoms with Crippen molar-refractivity contribution in [2.45, 2.75) is 66.0 Å². The molecule has 0 saturated heterocycles. The van der Waals surface area contributed by atoms with Crippen molar-refractivity contribution in [2.75, 3.05) is 35.6 Å². The Kier molecular flexibility index (Phi) is 12.2. The number of benzene rings is 2. The van der Waals surface area contributed by atoms with Gasteiger partial charge < -0.3 is 25.6 Å². The maximum Gasteiger partial charge on any atom is 0.412 e. The van der Waals surface area contributed by atoms with Crippen LogP contribution in [0.2, 0.25) is 0 Å². The third kappa shape index (κ3) is 10.6. The summed E-state index contributed by atoms with van der Waals surface area (Å²) in [6.07, 6.45) is 2.40. The highest BCUT2D eigenvalue weighted by Gasteiger charge is 2.20. The second-order valence-corrected chi connectivity index (χ2v) is 11.4. The van der Waals surface area contributed by atoms with Crippen molar-refractivity contribution in [3.8, 4) is 0 Å². The Morgan fingerprint density at radius 2 is 1.64 bits per heavy atom. The van der Waals surface area contributed by atoms with E-state index >= 15 is 0 Å². The third-order valence-electron chi connectivity index (χ3n) is 6.81. The molecule has 3 rings (SSSR count). The van der Waals surface area contributed by atoms with Crippen molar-refractivity contribution in [3.63, 3.8) is 0 Å². The first kappa shape index (κ1) is 34.0. The van der Waals surface area contributed by atoms with E-state index in [2.05, 4.69) is 45.0 Å². The van der Waals surface area contributed by atoms with Crippen LogP contribution in [0.15, 0.2) is 60.8 Å². The monoisotopic (exact) mass is 606 g/mol. The summed E-state index contributed by atoms with van der Waals surface area (Å²) >= 11 is 0. The molecule has 1 unspecified atom stereocenters. The van der Waals surface area contributed by atoms with Crippen LogP contribution in [0.1, 0.15) is 75.1 Å². The summed E-state index contributed by atoms with van der Waals surface area (Å²) in [5.41, 5.74) is 1.90. The van der Waals surface area contributed by atoms with Gasteiger partial charge in [0.15, 0.2) is 0 Å². The van der Waals surface area contributed by atoms with Crippen LogP contribution < -0.4 is 21.3 Å². The molecular weight excluding hydrogens is 563 g/mol. The zero-order valence-corrected chi connectivity index (χ0v) is 26.3. The topological polar surface area (TPSA) is 125 Å². The lowest BCUT2D eigenvalue weighted by atomic mass is 10.0. The summed E-state index contributed by atoms with van der Waals surface area (Å²) in [6.45, 7) is 13.9. The van der Waals surface area contributed by atoms with E-state index in [1.165, 1.54) is 12.1 Å². The Bertz CT molecular complexity index is 1420. The molecule has 236 valence electrons. The Hall–Kier alpha value is -4.51. The van der Waals surface area contributed by atoms with Gasteiger partial charge >= 0.3 is 12.1 Å². The van der Waals surface area contributed by atoms with Gasteiger partial charge in [0.25, 0.3) is 5.91 Å². The first-order valence-electron chi connectivity index (χ1n) is 14.8. The summed E-state index contributed by atoms with van der Waals surface area (Å²) < 4.78 is 19.0. The van der Waals surface area contributed by atoms with E-state index in [-0.39, 0.29) is 17.6 Å². The van der Waals surface area contributed by atoms with Crippen LogP contribution in [0.25, 0.3) is 0 Å². The Morgan fingerprint density at radius 3 is 2.23 bits per heavy atom. The summed E-state index contributed by atoms with van der Waals surface area (Å²) in [5.74, 6) is -0.811. The molecule has 0 aliphatic carbocycles. The molecule has 3 aromatic rings. The Morgan fingerprint density at radius 1 is 0.955 bits per heavy atom. The van der Waals surface area contributed by atoms with Crippen LogP contribution in [0.3, 0.4) is 0 Å². The van der Waals surface area contributed by atoms with Gasteiger partial charge in [-0.3, -0.25) is 15.1 Å². The van der Waals surface area contributed by atoms with Crippen LogP contribution in [-0.2, 0) is 4.74 Å². The predicted octanol–water partition coefficient (Wildman–Crippen LogP) is 7.11. The second kappa shape index (κ2) is 15.8. The van der Waals surface area contributed by atoms with E-state index < -0.39 is 23.6 Å². The summed E-state index contributed by atoms with van der Waals surface area (Å²) in [7, 11) is 0. The van der Waals surface area contributed by atoms with Crippen LogP contribution >= 0.6 is 0 Å². The normalized spacial score (nSPS) is 11.9. The highest BCUT2D eigenvalue weighted by Crippen LogP contribution is 2.24. The lowest BCUT2D eigenvalue weighted by Crippen LogP contribution is -2.33. The number of amides is 4. The first-order chi connectivity index (χ1) is 20.9. The number of nitrogens with zero attached hydrogens (tertiary/aromatic N) is 2. The summed E-state index contributed by atoms with van der Waals surface area (Å²) in [4.78, 5) is 45.0. The lowest BCUT2D eigenvalue weighted by molar-refractivity contribution is 0.0635. The number of aromatic nitrogens is 1. The quantitative estimate of drug-likeness (QED) is 0.174. The number of hydrogen-bond acceptors (Lipinski definition) is 6. The lowest BCUT2D eigenvalue weighted by Gasteiger charge is -2.22. The molecule has 0 fully saturated rings. The fraction of sp³-hybridized carbons (Fsp3) is 0.394. The van der Waals surface area contributed by atoms with Gasteiger partial charge in [-0.2, -0.15) is 0 Å². The molecule has 10 nitrogen and oxygen atoms in total. The number of halogens is 1. The highest BCUT2D eigenvalue weighted by molar-refractivity contribution is 6.05. The number of carbonyl (C=O) groups excluding carboxylic acids is 3. The predicted molar refractivity (Wildman–Crippen MR) is 172 cm³/mol. The minimum absolute atomic E-state index is 0.161. The number of nitrogens with one attached hydrogen (secondary N) is 4. The van der Waals surface area contributed by atoms with Gasteiger partial charge in [0.05, 0.1) is 17.4 Å². The molecule has 1 atom stereocenters. The molecule has 4 amide bonds. The molecule has 0 aliphatic heterocycles. The van der Waals surface area contributed by atoms with Gasteiger partial charge in [0.1, 0.15) is 17.1 Å². The van der Waals surface area contributed by atoms with Gasteiger partial charge in [0.2, 0.25) is 0 Å². The third-order valence-corrected chi connectivity index (χ3v) is 6.81. The van der Waals surface area contributed by atoms with Gasteiger partial charge in [-0.15, -0.1) is 0 Å². The molecule has 0 bridgehead atoms. The molecule has 0 saturated carbocycles. The van der Waals surface area contributed by atoms with Gasteiger partial charge in [-0.05, 0) is 108 Å². The molecular formula is C33H43FN6O4. The zero-order valence-electron chi connectivity index (χ0n) is 26.3. The van der Waals surface area contributed by atoms with Gasteiger partial charge in [-0.25, -0.2) is 14.0 Å². The number of para-hydroxylation sites is 2. The van der Waals surface area contributed by atoms with Crippen LogP contribution in [-0.4, -0.2) is 53.2 Å². The molecule has 11 heteroatoms. The number of carbonyl (C=O) groups is 3. The molecule has 1 heterocycles. The fourth-order valence-corrected chi connectivity index (χ4v) is 4.48. The Labute approximate surface area is 258 Å². The zero-order chi connectivity index (χ0) is 32.3. The van der Waals surface area contributed by atoms with Crippen LogP contribution in [0.4, 0.5) is 31.0 Å². The van der Waals surface area contributed by atoms with Crippen molar-refractivity contribution in [3.05, 3.63) is 83.4 Å². The average molecular weight is 607 g/mol. The van der Waals surface area contributed by atoms with Crippen LogP contribution in [0, 0.1) is 12.7 Å². The van der Waals surface area contributed by atoms with Crippen molar-refractivity contribution >= 4 is 35.1 Å². The van der Waals surface area contributed by atoms with Crippen molar-refractivity contribution < 1.29 is 23.5 Å². The van der Waals surface area contributed by atoms with E-state index in [4.69, 9.17) is 4.74 Å². The Balaban J connectivity index is 1.72. The standard InChI is InChI=1S/C33H43FN6O4/c1-7-40(8-2)19-11-14-26(38-31(42)36-24-16-17-25(34)22(3)20-24)23-15-18-29(35-21-23)30(41)37-27-12-9-10-13-28(27)39-32(43)44-33(4,5)6/h9-10,12-13,15-18,20-21,26H,7-8,11,14,19H2,1-6H3,(H,37,41)(H,39,43)(H2,36,38,42).